The molecule has 2 heteroatoms. The summed E-state index contributed by atoms with van der Waals surface area (Å²) in [6.45, 7) is 10.6. The molecule has 2 N–H and O–H groups in total. The van der Waals surface area contributed by atoms with Gasteiger partial charge in [0.15, 0.2) is 0 Å². The van der Waals surface area contributed by atoms with Crippen LogP contribution in [0.4, 0.5) is 0 Å². The Bertz CT molecular complexity index is 231. The molecule has 0 bridgehead atoms. The zero-order valence-corrected chi connectivity index (χ0v) is 10.7. The molecule has 2 rings (SSSR count). The van der Waals surface area contributed by atoms with E-state index in [0.717, 1.165) is 5.92 Å². The van der Waals surface area contributed by atoms with Gasteiger partial charge in [-0.25, -0.2) is 0 Å². The molecule has 1 heterocycles. The van der Waals surface area contributed by atoms with Gasteiger partial charge in [-0.2, -0.15) is 0 Å². The average molecular weight is 210 g/mol. The summed E-state index contributed by atoms with van der Waals surface area (Å²) < 4.78 is 0. The molecule has 0 spiro atoms. The first kappa shape index (κ1) is 11.4. The maximum absolute atomic E-state index is 6.33. The van der Waals surface area contributed by atoms with Gasteiger partial charge < -0.3 is 5.73 Å². The molecule has 2 fully saturated rings. The van der Waals surface area contributed by atoms with Crippen LogP contribution in [-0.4, -0.2) is 29.6 Å². The van der Waals surface area contributed by atoms with E-state index in [-0.39, 0.29) is 0 Å². The molecule has 0 radical (unpaired) electrons. The van der Waals surface area contributed by atoms with Gasteiger partial charge in [-0.15, -0.1) is 0 Å². The van der Waals surface area contributed by atoms with Crippen LogP contribution >= 0.6 is 0 Å². The maximum atomic E-state index is 6.33. The first-order chi connectivity index (χ1) is 6.99. The van der Waals surface area contributed by atoms with E-state index >= 15 is 0 Å². The van der Waals surface area contributed by atoms with Crippen LogP contribution in [0.1, 0.15) is 47.0 Å². The third-order valence-corrected chi connectivity index (χ3v) is 4.71. The normalized spacial score (nSPS) is 35.4. The predicted octanol–water partition coefficient (Wildman–Crippen LogP) is 2.23. The Kier molecular flexibility index (Phi) is 2.85. The van der Waals surface area contributed by atoms with Crippen molar-refractivity contribution in [2.24, 2.45) is 17.1 Å². The summed E-state index contributed by atoms with van der Waals surface area (Å²) in [5.41, 5.74) is 6.89. The van der Waals surface area contributed by atoms with Crippen molar-refractivity contribution in [2.45, 2.75) is 65.1 Å². The van der Waals surface area contributed by atoms with Crippen LogP contribution < -0.4 is 5.73 Å². The van der Waals surface area contributed by atoms with Gasteiger partial charge in [-0.3, -0.25) is 4.90 Å². The fourth-order valence-corrected chi connectivity index (χ4v) is 3.54. The molecule has 15 heavy (non-hydrogen) atoms. The smallest absolute Gasteiger partial charge is 0.0309 e. The van der Waals surface area contributed by atoms with Gasteiger partial charge in [0.1, 0.15) is 0 Å². The lowest BCUT2D eigenvalue weighted by Crippen LogP contribution is -2.50. The summed E-state index contributed by atoms with van der Waals surface area (Å²) >= 11 is 0. The molecule has 0 aromatic carbocycles. The van der Waals surface area contributed by atoms with Gasteiger partial charge >= 0.3 is 0 Å². The number of likely N-dealkylation sites (tertiary alicyclic amines) is 1. The Hall–Kier alpha value is -0.0800. The quantitative estimate of drug-likeness (QED) is 0.774. The zero-order valence-electron chi connectivity index (χ0n) is 10.7. The van der Waals surface area contributed by atoms with E-state index in [1.165, 1.54) is 25.8 Å². The molecule has 88 valence electrons. The summed E-state index contributed by atoms with van der Waals surface area (Å²) in [6.07, 6.45) is 3.98. The molecule has 0 aromatic rings. The highest BCUT2D eigenvalue weighted by Crippen LogP contribution is 2.58. The monoisotopic (exact) mass is 210 g/mol. The summed E-state index contributed by atoms with van der Waals surface area (Å²) in [5, 5.41) is 0. The van der Waals surface area contributed by atoms with E-state index in [0.29, 0.717) is 23.5 Å². The molecule has 1 aliphatic heterocycles. The van der Waals surface area contributed by atoms with Gasteiger partial charge in [-0.05, 0) is 44.4 Å². The number of nitrogens with two attached hydrogens (primary N) is 1. The topological polar surface area (TPSA) is 29.3 Å². The molecule has 2 nitrogen and oxygen atoms in total. The van der Waals surface area contributed by atoms with Crippen molar-refractivity contribution in [3.63, 3.8) is 0 Å². The van der Waals surface area contributed by atoms with Crippen molar-refractivity contribution in [1.82, 2.24) is 4.90 Å². The first-order valence-corrected chi connectivity index (χ1v) is 6.50. The van der Waals surface area contributed by atoms with Crippen LogP contribution in [0, 0.1) is 11.3 Å². The van der Waals surface area contributed by atoms with Crippen LogP contribution in [0.2, 0.25) is 0 Å². The second kappa shape index (κ2) is 3.74. The molecule has 1 saturated heterocycles. The van der Waals surface area contributed by atoms with E-state index < -0.39 is 0 Å². The van der Waals surface area contributed by atoms with E-state index in [4.69, 9.17) is 5.73 Å². The fourth-order valence-electron chi connectivity index (χ4n) is 3.54. The summed E-state index contributed by atoms with van der Waals surface area (Å²) in [6, 6.07) is 1.72. The van der Waals surface area contributed by atoms with Crippen molar-refractivity contribution in [3.8, 4) is 0 Å². The van der Waals surface area contributed by atoms with Crippen LogP contribution in [-0.2, 0) is 0 Å². The average Bonchev–Trinajstić information content (AvgIpc) is 2.85. The van der Waals surface area contributed by atoms with Gasteiger partial charge in [0.25, 0.3) is 0 Å². The molecule has 0 aromatic heterocycles. The highest BCUT2D eigenvalue weighted by molar-refractivity contribution is 5.11. The molecule has 2 atom stereocenters. The van der Waals surface area contributed by atoms with Gasteiger partial charge in [0.2, 0.25) is 0 Å². The van der Waals surface area contributed by atoms with E-state index in [9.17, 15) is 0 Å². The second-order valence-corrected chi connectivity index (χ2v) is 6.12. The molecular weight excluding hydrogens is 184 g/mol. The van der Waals surface area contributed by atoms with Crippen LogP contribution in [0.3, 0.4) is 0 Å². The van der Waals surface area contributed by atoms with E-state index in [1.54, 1.807) is 0 Å². The van der Waals surface area contributed by atoms with Crippen molar-refractivity contribution < 1.29 is 0 Å². The number of nitrogens with zero attached hydrogens (tertiary/aromatic N) is 1. The lowest BCUT2D eigenvalue weighted by atomic mass is 9.81. The second-order valence-electron chi connectivity index (χ2n) is 6.12. The highest BCUT2D eigenvalue weighted by atomic mass is 15.2. The Balaban J connectivity index is 2.18. The molecule has 0 amide bonds. The van der Waals surface area contributed by atoms with E-state index in [2.05, 4.69) is 32.6 Å². The highest BCUT2D eigenvalue weighted by Gasteiger charge is 2.57. The Morgan fingerprint density at radius 3 is 2.20 bits per heavy atom. The SMILES string of the molecule is CC(C)N1CC[C@H](N)[C@H]1C1(C(C)C)CC1. The minimum atomic E-state index is 0.414. The van der Waals surface area contributed by atoms with Crippen molar-refractivity contribution >= 4 is 0 Å². The summed E-state index contributed by atoms with van der Waals surface area (Å²) in [4.78, 5) is 2.65. The summed E-state index contributed by atoms with van der Waals surface area (Å²) in [7, 11) is 0. The predicted molar refractivity (Wildman–Crippen MR) is 64.7 cm³/mol. The largest absolute Gasteiger partial charge is 0.326 e. The standard InChI is InChI=1S/C13H26N2/c1-9(2)13(6-7-13)12-11(14)5-8-15(12)10(3)4/h9-12H,5-8,14H2,1-4H3/t11-,12-/m0/s1. The maximum Gasteiger partial charge on any atom is 0.0309 e. The van der Waals surface area contributed by atoms with E-state index in [1.807, 2.05) is 0 Å². The minimum absolute atomic E-state index is 0.414. The van der Waals surface area contributed by atoms with Crippen molar-refractivity contribution in [3.05, 3.63) is 0 Å². The van der Waals surface area contributed by atoms with Crippen LogP contribution in [0.5, 0.6) is 0 Å². The Labute approximate surface area is 94.2 Å². The van der Waals surface area contributed by atoms with Gasteiger partial charge in [0.05, 0.1) is 0 Å². The zero-order chi connectivity index (χ0) is 11.2. The first-order valence-electron chi connectivity index (χ1n) is 6.50. The molecular formula is C13H26N2. The van der Waals surface area contributed by atoms with Crippen LogP contribution in [0.15, 0.2) is 0 Å². The number of hydrogen-bond acceptors (Lipinski definition) is 2. The lowest BCUT2D eigenvalue weighted by Gasteiger charge is -2.38. The van der Waals surface area contributed by atoms with Gasteiger partial charge in [0, 0.05) is 24.7 Å². The lowest BCUT2D eigenvalue weighted by molar-refractivity contribution is 0.102. The molecule has 2 aliphatic rings. The van der Waals surface area contributed by atoms with Crippen LogP contribution in [0.25, 0.3) is 0 Å². The van der Waals surface area contributed by atoms with Crippen molar-refractivity contribution in [2.75, 3.05) is 6.54 Å². The molecule has 1 aliphatic carbocycles. The number of hydrogen-bond donors (Lipinski definition) is 1. The fraction of sp³-hybridized carbons (Fsp3) is 1.00. The Morgan fingerprint density at radius 1 is 1.20 bits per heavy atom. The third kappa shape index (κ3) is 1.72. The third-order valence-electron chi connectivity index (χ3n) is 4.71. The molecule has 0 unspecified atom stereocenters. The van der Waals surface area contributed by atoms with Crippen molar-refractivity contribution in [1.29, 1.82) is 0 Å². The Morgan fingerprint density at radius 2 is 1.80 bits per heavy atom. The van der Waals surface area contributed by atoms with Gasteiger partial charge in [-0.1, -0.05) is 13.8 Å². The summed E-state index contributed by atoms with van der Waals surface area (Å²) in [5.74, 6) is 0.785. The molecule has 1 saturated carbocycles. The minimum Gasteiger partial charge on any atom is -0.326 e. The number of rotatable bonds is 3.